The largest absolute Gasteiger partial charge is 0.477 e. The van der Waals surface area contributed by atoms with Crippen molar-refractivity contribution in [3.63, 3.8) is 0 Å². The highest BCUT2D eigenvalue weighted by atomic mass is 32.1. The zero-order chi connectivity index (χ0) is 17.5. The molecule has 6 heteroatoms. The number of rotatable bonds is 4. The van der Waals surface area contributed by atoms with Gasteiger partial charge in [0.05, 0.1) is 15.2 Å². The summed E-state index contributed by atoms with van der Waals surface area (Å²) in [6.07, 6.45) is 0. The Morgan fingerprint density at radius 1 is 1.21 bits per heavy atom. The Morgan fingerprint density at radius 3 is 2.50 bits per heavy atom. The second kappa shape index (κ2) is 5.79. The molecule has 0 amide bonds. The third kappa shape index (κ3) is 2.69. The van der Waals surface area contributed by atoms with Crippen LogP contribution in [-0.2, 0) is 5.54 Å². The molecule has 24 heavy (non-hydrogen) atoms. The lowest BCUT2D eigenvalue weighted by Crippen LogP contribution is -2.38. The van der Waals surface area contributed by atoms with Gasteiger partial charge in [0.2, 0.25) is 0 Å². The molecule has 3 rings (SSSR count). The van der Waals surface area contributed by atoms with E-state index in [1.165, 1.54) is 17.4 Å². The number of aromatic carboxylic acids is 1. The van der Waals surface area contributed by atoms with Gasteiger partial charge in [-0.15, -0.1) is 11.3 Å². The second-order valence-electron chi connectivity index (χ2n) is 6.05. The van der Waals surface area contributed by atoms with E-state index in [0.717, 1.165) is 10.6 Å². The normalized spacial score (nSPS) is 11.6. The quantitative estimate of drug-likeness (QED) is 0.777. The van der Waals surface area contributed by atoms with E-state index in [2.05, 4.69) is 30.9 Å². The van der Waals surface area contributed by atoms with Crippen LogP contribution in [0.5, 0.6) is 0 Å². The Kier molecular flexibility index (Phi) is 3.93. The fourth-order valence-corrected chi connectivity index (χ4v) is 3.66. The molecule has 0 atom stereocenters. The zero-order valence-electron chi connectivity index (χ0n) is 13.6. The van der Waals surface area contributed by atoms with Crippen LogP contribution in [0.25, 0.3) is 10.3 Å². The summed E-state index contributed by atoms with van der Waals surface area (Å²) in [6.45, 7) is 4.21. The van der Waals surface area contributed by atoms with Crippen LogP contribution >= 0.6 is 11.3 Å². The molecule has 5 nitrogen and oxygen atoms in total. The summed E-state index contributed by atoms with van der Waals surface area (Å²) in [5.74, 6) is -1.28. The number of carbonyl (C=O) groups is 1. The number of hydrogen-bond donors (Lipinski definition) is 1. The van der Waals surface area contributed by atoms with Crippen molar-refractivity contribution in [3.8, 4) is 0 Å². The number of anilines is 1. The molecule has 2 aromatic heterocycles. The molecule has 0 radical (unpaired) electrons. The SMILES string of the molecule is CN(c1cc2oc(=O)c(C(=O)O)cc2s1)C(C)(C)c1ccccc1. The van der Waals surface area contributed by atoms with Crippen molar-refractivity contribution >= 4 is 32.6 Å². The highest BCUT2D eigenvalue weighted by Gasteiger charge is 2.27. The lowest BCUT2D eigenvalue weighted by Gasteiger charge is -2.37. The molecule has 0 unspecified atom stereocenters. The predicted octanol–water partition coefficient (Wildman–Crippen LogP) is 3.92. The highest BCUT2D eigenvalue weighted by molar-refractivity contribution is 7.22. The van der Waals surface area contributed by atoms with E-state index in [-0.39, 0.29) is 11.1 Å². The molecule has 1 aromatic carbocycles. The first kappa shape index (κ1) is 16.3. The number of thiophene rings is 1. The Balaban J connectivity index is 2.06. The van der Waals surface area contributed by atoms with Crippen molar-refractivity contribution in [1.29, 1.82) is 0 Å². The van der Waals surface area contributed by atoms with Crippen molar-refractivity contribution in [3.05, 3.63) is 64.0 Å². The van der Waals surface area contributed by atoms with E-state index >= 15 is 0 Å². The number of benzene rings is 1. The van der Waals surface area contributed by atoms with Gasteiger partial charge in [-0.1, -0.05) is 30.3 Å². The monoisotopic (exact) mass is 343 g/mol. The minimum atomic E-state index is -1.28. The maximum Gasteiger partial charge on any atom is 0.351 e. The third-order valence-corrected chi connectivity index (χ3v) is 5.43. The topological polar surface area (TPSA) is 70.8 Å². The molecular formula is C18H17NO4S. The van der Waals surface area contributed by atoms with Crippen LogP contribution in [0, 0.1) is 0 Å². The van der Waals surface area contributed by atoms with Crippen LogP contribution in [-0.4, -0.2) is 18.1 Å². The molecule has 0 aliphatic rings. The van der Waals surface area contributed by atoms with Gasteiger partial charge in [0, 0.05) is 13.1 Å². The minimum Gasteiger partial charge on any atom is -0.477 e. The summed E-state index contributed by atoms with van der Waals surface area (Å²) in [4.78, 5) is 24.9. The molecule has 0 spiro atoms. The van der Waals surface area contributed by atoms with Crippen LogP contribution in [0.15, 0.2) is 51.7 Å². The van der Waals surface area contributed by atoms with Gasteiger partial charge in [-0.25, -0.2) is 9.59 Å². The molecule has 0 aliphatic heterocycles. The molecule has 0 fully saturated rings. The van der Waals surface area contributed by atoms with Gasteiger partial charge in [0.1, 0.15) is 5.56 Å². The standard InChI is InChI=1S/C18H17NO4S/c1-18(2,11-7-5-4-6-8-11)19(3)15-10-13-14(24-15)9-12(16(20)21)17(22)23-13/h4-10H,1-3H3,(H,20,21). The molecule has 0 aliphatic carbocycles. The van der Waals surface area contributed by atoms with Crippen molar-refractivity contribution in [2.75, 3.05) is 11.9 Å². The summed E-state index contributed by atoms with van der Waals surface area (Å²) in [5.41, 5.74) is 0.0986. The van der Waals surface area contributed by atoms with Crippen LogP contribution in [0.4, 0.5) is 5.00 Å². The van der Waals surface area contributed by atoms with Crippen molar-refractivity contribution in [2.24, 2.45) is 0 Å². The smallest absolute Gasteiger partial charge is 0.351 e. The van der Waals surface area contributed by atoms with Gasteiger partial charge in [0.25, 0.3) is 0 Å². The molecule has 2 heterocycles. The number of carboxylic acids is 1. The van der Waals surface area contributed by atoms with Gasteiger partial charge in [-0.05, 0) is 25.5 Å². The zero-order valence-corrected chi connectivity index (χ0v) is 14.4. The first-order valence-electron chi connectivity index (χ1n) is 7.41. The van der Waals surface area contributed by atoms with Gasteiger partial charge in [-0.2, -0.15) is 0 Å². The number of carboxylic acid groups (broad SMARTS) is 1. The first-order valence-corrected chi connectivity index (χ1v) is 8.22. The number of hydrogen-bond acceptors (Lipinski definition) is 5. The molecule has 0 saturated carbocycles. The molecule has 124 valence electrons. The fraction of sp³-hybridized carbons (Fsp3) is 0.222. The lowest BCUT2D eigenvalue weighted by atomic mass is 9.93. The number of fused-ring (bicyclic) bond motifs is 1. The first-order chi connectivity index (χ1) is 11.3. The summed E-state index contributed by atoms with van der Waals surface area (Å²) < 4.78 is 5.79. The maximum absolute atomic E-state index is 11.7. The van der Waals surface area contributed by atoms with Crippen LogP contribution in [0.2, 0.25) is 0 Å². The van der Waals surface area contributed by atoms with Gasteiger partial charge < -0.3 is 14.4 Å². The Labute approximate surface area is 142 Å². The predicted molar refractivity (Wildman–Crippen MR) is 95.2 cm³/mol. The van der Waals surface area contributed by atoms with E-state index in [4.69, 9.17) is 9.52 Å². The van der Waals surface area contributed by atoms with E-state index < -0.39 is 11.6 Å². The van der Waals surface area contributed by atoms with Crippen LogP contribution in [0.3, 0.4) is 0 Å². The van der Waals surface area contributed by atoms with Gasteiger partial charge in [0.15, 0.2) is 5.58 Å². The van der Waals surface area contributed by atoms with Gasteiger partial charge in [-0.3, -0.25) is 0 Å². The molecule has 0 saturated heterocycles. The third-order valence-electron chi connectivity index (χ3n) is 4.29. The Bertz CT molecular complexity index is 956. The fourth-order valence-electron chi connectivity index (χ4n) is 2.53. The van der Waals surface area contributed by atoms with Crippen LogP contribution in [0.1, 0.15) is 29.8 Å². The van der Waals surface area contributed by atoms with Crippen LogP contribution < -0.4 is 10.5 Å². The summed E-state index contributed by atoms with van der Waals surface area (Å²) in [6, 6.07) is 13.2. The van der Waals surface area contributed by atoms with E-state index in [1.54, 1.807) is 6.07 Å². The average Bonchev–Trinajstić information content (AvgIpc) is 2.96. The molecule has 0 bridgehead atoms. The van der Waals surface area contributed by atoms with Gasteiger partial charge >= 0.3 is 11.6 Å². The molecular weight excluding hydrogens is 326 g/mol. The average molecular weight is 343 g/mol. The molecule has 1 N–H and O–H groups in total. The summed E-state index contributed by atoms with van der Waals surface area (Å²) in [5, 5.41) is 9.95. The van der Waals surface area contributed by atoms with Crippen molar-refractivity contribution in [2.45, 2.75) is 19.4 Å². The number of nitrogens with zero attached hydrogens (tertiary/aromatic N) is 1. The Hall–Kier alpha value is -2.60. The minimum absolute atomic E-state index is 0.280. The summed E-state index contributed by atoms with van der Waals surface area (Å²) in [7, 11) is 1.97. The lowest BCUT2D eigenvalue weighted by molar-refractivity contribution is 0.0692. The summed E-state index contributed by atoms with van der Waals surface area (Å²) >= 11 is 1.40. The van der Waals surface area contributed by atoms with E-state index in [0.29, 0.717) is 10.3 Å². The second-order valence-corrected chi connectivity index (χ2v) is 7.11. The maximum atomic E-state index is 11.7. The molecule has 3 aromatic rings. The highest BCUT2D eigenvalue weighted by Crippen LogP contribution is 2.38. The van der Waals surface area contributed by atoms with Crippen molar-refractivity contribution < 1.29 is 14.3 Å². The Morgan fingerprint density at radius 2 is 1.88 bits per heavy atom. The van der Waals surface area contributed by atoms with Crippen molar-refractivity contribution in [1.82, 2.24) is 0 Å². The van der Waals surface area contributed by atoms with E-state index in [1.807, 2.05) is 25.2 Å². The van der Waals surface area contributed by atoms with E-state index in [9.17, 15) is 9.59 Å².